The van der Waals surface area contributed by atoms with Crippen molar-refractivity contribution in [3.05, 3.63) is 40.3 Å². The Balaban J connectivity index is 2.33. The van der Waals surface area contributed by atoms with E-state index in [4.69, 9.17) is 9.47 Å². The molecule has 0 atom stereocenters. The Labute approximate surface area is 120 Å². The highest BCUT2D eigenvalue weighted by atomic mass is 79.9. The molecule has 2 rings (SSSR count). The molecule has 5 heteroatoms. The van der Waals surface area contributed by atoms with Crippen molar-refractivity contribution in [1.82, 2.24) is 9.97 Å². The van der Waals surface area contributed by atoms with Crippen LogP contribution in [0.3, 0.4) is 0 Å². The van der Waals surface area contributed by atoms with Crippen molar-refractivity contribution in [2.45, 2.75) is 20.3 Å². The van der Waals surface area contributed by atoms with Crippen LogP contribution in [-0.4, -0.2) is 17.1 Å². The van der Waals surface area contributed by atoms with Crippen LogP contribution in [0.25, 0.3) is 0 Å². The molecular weight excluding hydrogens is 308 g/mol. The molecule has 1 heterocycles. The van der Waals surface area contributed by atoms with Crippen LogP contribution in [0.5, 0.6) is 17.4 Å². The fourth-order valence-corrected chi connectivity index (χ4v) is 2.02. The van der Waals surface area contributed by atoms with E-state index in [1.54, 1.807) is 13.2 Å². The van der Waals surface area contributed by atoms with Gasteiger partial charge < -0.3 is 9.47 Å². The molecule has 0 amide bonds. The smallest absolute Gasteiger partial charge is 0.223 e. The summed E-state index contributed by atoms with van der Waals surface area (Å²) >= 11 is 3.35. The van der Waals surface area contributed by atoms with E-state index in [2.05, 4.69) is 25.9 Å². The van der Waals surface area contributed by atoms with Gasteiger partial charge in [0.05, 0.1) is 7.11 Å². The second-order valence-corrected chi connectivity index (χ2v) is 4.87. The lowest BCUT2D eigenvalue weighted by atomic mass is 10.2. The fourth-order valence-electron chi connectivity index (χ4n) is 1.62. The van der Waals surface area contributed by atoms with E-state index >= 15 is 0 Å². The Hall–Kier alpha value is -1.62. The monoisotopic (exact) mass is 322 g/mol. The van der Waals surface area contributed by atoms with Crippen molar-refractivity contribution in [2.75, 3.05) is 7.11 Å². The van der Waals surface area contributed by atoms with Gasteiger partial charge in [0.15, 0.2) is 11.5 Å². The number of rotatable bonds is 4. The predicted molar refractivity (Wildman–Crippen MR) is 76.9 cm³/mol. The van der Waals surface area contributed by atoms with Gasteiger partial charge in [0, 0.05) is 12.5 Å². The molecule has 0 fully saturated rings. The quantitative estimate of drug-likeness (QED) is 0.800. The van der Waals surface area contributed by atoms with Gasteiger partial charge in [-0.2, -0.15) is 4.98 Å². The molecule has 4 nitrogen and oxygen atoms in total. The fraction of sp³-hybridized carbons (Fsp3) is 0.286. The molecule has 1 aromatic carbocycles. The molecule has 0 bridgehead atoms. The second-order valence-electron chi connectivity index (χ2n) is 4.06. The van der Waals surface area contributed by atoms with Crippen molar-refractivity contribution in [2.24, 2.45) is 0 Å². The third-order valence-corrected chi connectivity index (χ3v) is 2.97. The van der Waals surface area contributed by atoms with Crippen molar-refractivity contribution >= 4 is 15.9 Å². The van der Waals surface area contributed by atoms with Crippen molar-refractivity contribution < 1.29 is 9.47 Å². The zero-order valence-corrected chi connectivity index (χ0v) is 12.7. The van der Waals surface area contributed by atoms with Gasteiger partial charge in [0.1, 0.15) is 10.4 Å². The summed E-state index contributed by atoms with van der Waals surface area (Å²) in [7, 11) is 1.62. The third kappa shape index (κ3) is 3.44. The maximum Gasteiger partial charge on any atom is 0.223 e. The van der Waals surface area contributed by atoms with Crippen LogP contribution in [0.4, 0.5) is 0 Å². The van der Waals surface area contributed by atoms with Crippen LogP contribution in [0.15, 0.2) is 28.9 Å². The summed E-state index contributed by atoms with van der Waals surface area (Å²) in [6.45, 7) is 4.00. The SMILES string of the molecule is CCc1nc(Br)cc(Oc2ccc(C)cc2OC)n1. The summed E-state index contributed by atoms with van der Waals surface area (Å²) in [4.78, 5) is 8.57. The number of nitrogens with zero attached hydrogens (tertiary/aromatic N) is 2. The highest BCUT2D eigenvalue weighted by molar-refractivity contribution is 9.10. The average Bonchev–Trinajstić information content (AvgIpc) is 2.40. The molecule has 0 aliphatic rings. The molecule has 2 aromatic rings. The molecule has 1 aromatic heterocycles. The third-order valence-electron chi connectivity index (χ3n) is 2.57. The van der Waals surface area contributed by atoms with E-state index in [1.165, 1.54) is 0 Å². The number of aryl methyl sites for hydroxylation is 2. The topological polar surface area (TPSA) is 44.2 Å². The van der Waals surface area contributed by atoms with Gasteiger partial charge in [-0.25, -0.2) is 4.98 Å². The molecule has 0 aliphatic carbocycles. The highest BCUT2D eigenvalue weighted by Gasteiger charge is 2.08. The molecular formula is C14H15BrN2O2. The van der Waals surface area contributed by atoms with Gasteiger partial charge in [-0.05, 0) is 40.5 Å². The summed E-state index contributed by atoms with van der Waals surface area (Å²) in [5, 5.41) is 0. The van der Waals surface area contributed by atoms with Crippen molar-refractivity contribution in [3.63, 3.8) is 0 Å². The number of benzene rings is 1. The first-order valence-electron chi connectivity index (χ1n) is 5.98. The van der Waals surface area contributed by atoms with E-state index in [0.717, 1.165) is 17.8 Å². The van der Waals surface area contributed by atoms with E-state index in [9.17, 15) is 0 Å². The Kier molecular flexibility index (Phi) is 4.37. The Morgan fingerprint density at radius 3 is 2.63 bits per heavy atom. The molecule has 0 unspecified atom stereocenters. The minimum absolute atomic E-state index is 0.501. The highest BCUT2D eigenvalue weighted by Crippen LogP contribution is 2.32. The largest absolute Gasteiger partial charge is 0.493 e. The van der Waals surface area contributed by atoms with E-state index in [0.29, 0.717) is 22.0 Å². The van der Waals surface area contributed by atoms with Gasteiger partial charge in [-0.3, -0.25) is 0 Å². The zero-order chi connectivity index (χ0) is 13.8. The lowest BCUT2D eigenvalue weighted by molar-refractivity contribution is 0.373. The predicted octanol–water partition coefficient (Wildman–Crippen LogP) is 3.91. The molecule has 0 radical (unpaired) electrons. The van der Waals surface area contributed by atoms with Crippen LogP contribution in [0.2, 0.25) is 0 Å². The molecule has 0 saturated heterocycles. The van der Waals surface area contributed by atoms with E-state index < -0.39 is 0 Å². The van der Waals surface area contributed by atoms with Gasteiger partial charge in [0.25, 0.3) is 0 Å². The first-order chi connectivity index (χ1) is 9.12. The summed E-state index contributed by atoms with van der Waals surface area (Å²) in [6.07, 6.45) is 0.751. The molecule has 0 saturated carbocycles. The Morgan fingerprint density at radius 1 is 1.16 bits per heavy atom. The minimum atomic E-state index is 0.501. The van der Waals surface area contributed by atoms with Gasteiger partial charge in [-0.1, -0.05) is 13.0 Å². The first kappa shape index (κ1) is 13.8. The summed E-state index contributed by atoms with van der Waals surface area (Å²) in [5.41, 5.74) is 1.11. The second kappa shape index (κ2) is 6.02. The normalized spacial score (nSPS) is 10.3. The molecule has 0 N–H and O–H groups in total. The van der Waals surface area contributed by atoms with E-state index in [-0.39, 0.29) is 0 Å². The Bertz CT molecular complexity index is 588. The number of methoxy groups -OCH3 is 1. The van der Waals surface area contributed by atoms with E-state index in [1.807, 2.05) is 32.0 Å². The van der Waals surface area contributed by atoms with Gasteiger partial charge in [0.2, 0.25) is 5.88 Å². The maximum absolute atomic E-state index is 5.77. The van der Waals surface area contributed by atoms with Crippen LogP contribution >= 0.6 is 15.9 Å². The number of hydrogen-bond acceptors (Lipinski definition) is 4. The van der Waals surface area contributed by atoms with Crippen molar-refractivity contribution in [1.29, 1.82) is 0 Å². The van der Waals surface area contributed by atoms with Crippen LogP contribution < -0.4 is 9.47 Å². The summed E-state index contributed by atoms with van der Waals surface area (Å²) in [5.74, 6) is 2.56. The zero-order valence-electron chi connectivity index (χ0n) is 11.1. The van der Waals surface area contributed by atoms with Crippen molar-refractivity contribution in [3.8, 4) is 17.4 Å². The molecule has 0 spiro atoms. The Morgan fingerprint density at radius 2 is 1.95 bits per heavy atom. The first-order valence-corrected chi connectivity index (χ1v) is 6.77. The summed E-state index contributed by atoms with van der Waals surface area (Å²) < 4.78 is 11.8. The molecule has 100 valence electrons. The van der Waals surface area contributed by atoms with Gasteiger partial charge >= 0.3 is 0 Å². The number of ether oxygens (including phenoxy) is 2. The number of halogens is 1. The molecule has 0 aliphatic heterocycles. The number of aromatic nitrogens is 2. The van der Waals surface area contributed by atoms with Crippen LogP contribution in [0.1, 0.15) is 18.3 Å². The maximum atomic E-state index is 5.77. The lowest BCUT2D eigenvalue weighted by Gasteiger charge is -2.11. The van der Waals surface area contributed by atoms with Gasteiger partial charge in [-0.15, -0.1) is 0 Å². The van der Waals surface area contributed by atoms with Crippen LogP contribution in [-0.2, 0) is 6.42 Å². The average molecular weight is 323 g/mol. The number of hydrogen-bond donors (Lipinski definition) is 0. The molecule has 19 heavy (non-hydrogen) atoms. The summed E-state index contributed by atoms with van der Waals surface area (Å²) in [6, 6.07) is 7.50. The van der Waals surface area contributed by atoms with Crippen LogP contribution in [0, 0.1) is 6.92 Å². The minimum Gasteiger partial charge on any atom is -0.493 e. The lowest BCUT2D eigenvalue weighted by Crippen LogP contribution is -1.98. The standard InChI is InChI=1S/C14H15BrN2O2/c1-4-13-16-12(15)8-14(17-13)19-10-6-5-9(2)7-11(10)18-3/h5-8H,4H2,1-3H3.